The molecule has 0 aromatic heterocycles. The van der Waals surface area contributed by atoms with Crippen LogP contribution in [0.4, 0.5) is 0 Å². The van der Waals surface area contributed by atoms with E-state index in [1.807, 2.05) is 0 Å². The lowest BCUT2D eigenvalue weighted by molar-refractivity contribution is 0.314. The highest BCUT2D eigenvalue weighted by molar-refractivity contribution is 4.58. The van der Waals surface area contributed by atoms with E-state index in [-0.39, 0.29) is 0 Å². The fraction of sp³-hybridized carbons (Fsp3) is 1.00. The maximum Gasteiger partial charge on any atom is 0.0104 e. The predicted octanol–water partition coefficient (Wildman–Crippen LogP) is 1.08. The Kier molecular flexibility index (Phi) is 4.55. The van der Waals surface area contributed by atoms with Crippen LogP contribution in [0, 0.1) is 0 Å². The van der Waals surface area contributed by atoms with Crippen molar-refractivity contribution in [1.82, 2.24) is 10.2 Å². The van der Waals surface area contributed by atoms with E-state index >= 15 is 0 Å². The number of likely N-dealkylation sites (N-methyl/N-ethyl adjacent to an activating group) is 1. The Morgan fingerprint density at radius 3 is 2.64 bits per heavy atom. The SMILES string of the molecule is CN1CCCCCCNCC1. The molecule has 0 unspecified atom stereocenters. The van der Waals surface area contributed by atoms with Gasteiger partial charge in [0.1, 0.15) is 0 Å². The number of rotatable bonds is 0. The second-order valence-electron chi connectivity index (χ2n) is 3.47. The summed E-state index contributed by atoms with van der Waals surface area (Å²) in [5, 5.41) is 3.44. The molecule has 1 saturated heterocycles. The summed E-state index contributed by atoms with van der Waals surface area (Å²) in [5.41, 5.74) is 0. The maximum absolute atomic E-state index is 3.44. The quantitative estimate of drug-likeness (QED) is 0.564. The number of hydrogen-bond donors (Lipinski definition) is 1. The highest BCUT2D eigenvalue weighted by atomic mass is 15.1. The first-order valence-electron chi connectivity index (χ1n) is 4.79. The molecular formula is C9H20N2. The second-order valence-corrected chi connectivity index (χ2v) is 3.47. The van der Waals surface area contributed by atoms with Crippen molar-refractivity contribution in [3.05, 3.63) is 0 Å². The van der Waals surface area contributed by atoms with Crippen LogP contribution in [0.25, 0.3) is 0 Å². The van der Waals surface area contributed by atoms with Crippen molar-refractivity contribution in [1.29, 1.82) is 0 Å². The van der Waals surface area contributed by atoms with Crippen molar-refractivity contribution >= 4 is 0 Å². The molecule has 0 atom stereocenters. The topological polar surface area (TPSA) is 15.3 Å². The van der Waals surface area contributed by atoms with E-state index in [0.29, 0.717) is 0 Å². The summed E-state index contributed by atoms with van der Waals surface area (Å²) in [4.78, 5) is 2.42. The van der Waals surface area contributed by atoms with Gasteiger partial charge in [-0.1, -0.05) is 12.8 Å². The van der Waals surface area contributed by atoms with Crippen molar-refractivity contribution in [2.45, 2.75) is 25.7 Å². The van der Waals surface area contributed by atoms with Crippen LogP contribution in [-0.2, 0) is 0 Å². The third-order valence-corrected chi connectivity index (χ3v) is 2.31. The molecule has 11 heavy (non-hydrogen) atoms. The number of nitrogens with one attached hydrogen (secondary N) is 1. The van der Waals surface area contributed by atoms with Gasteiger partial charge in [-0.2, -0.15) is 0 Å². The molecule has 0 amide bonds. The molecule has 66 valence electrons. The van der Waals surface area contributed by atoms with E-state index in [4.69, 9.17) is 0 Å². The van der Waals surface area contributed by atoms with Gasteiger partial charge in [-0.25, -0.2) is 0 Å². The molecule has 0 aromatic carbocycles. The molecule has 1 aliphatic heterocycles. The van der Waals surface area contributed by atoms with Crippen LogP contribution in [0.15, 0.2) is 0 Å². The number of nitrogens with zero attached hydrogens (tertiary/aromatic N) is 1. The normalized spacial score (nSPS) is 24.8. The van der Waals surface area contributed by atoms with E-state index < -0.39 is 0 Å². The van der Waals surface area contributed by atoms with Gasteiger partial charge < -0.3 is 10.2 Å². The Bertz CT molecular complexity index is 83.6. The van der Waals surface area contributed by atoms with Crippen LogP contribution in [0.1, 0.15) is 25.7 Å². The molecule has 0 aliphatic carbocycles. The zero-order valence-electron chi connectivity index (χ0n) is 7.60. The molecule has 2 heteroatoms. The smallest absolute Gasteiger partial charge is 0.0104 e. The molecule has 0 aromatic rings. The van der Waals surface area contributed by atoms with Gasteiger partial charge >= 0.3 is 0 Å². The highest BCUT2D eigenvalue weighted by Gasteiger charge is 1.99. The molecule has 0 saturated carbocycles. The van der Waals surface area contributed by atoms with Crippen molar-refractivity contribution < 1.29 is 0 Å². The van der Waals surface area contributed by atoms with Gasteiger partial charge in [0.25, 0.3) is 0 Å². The summed E-state index contributed by atoms with van der Waals surface area (Å²) in [7, 11) is 2.21. The maximum atomic E-state index is 3.44. The first-order chi connectivity index (χ1) is 5.39. The van der Waals surface area contributed by atoms with E-state index in [1.54, 1.807) is 0 Å². The zero-order valence-corrected chi connectivity index (χ0v) is 7.60. The van der Waals surface area contributed by atoms with Crippen LogP contribution in [0.2, 0.25) is 0 Å². The fourth-order valence-corrected chi connectivity index (χ4v) is 1.49. The second kappa shape index (κ2) is 5.56. The minimum Gasteiger partial charge on any atom is -0.315 e. The molecule has 1 fully saturated rings. The van der Waals surface area contributed by atoms with Crippen molar-refractivity contribution in [2.75, 3.05) is 33.2 Å². The summed E-state index contributed by atoms with van der Waals surface area (Å²) < 4.78 is 0. The third-order valence-electron chi connectivity index (χ3n) is 2.31. The Labute approximate surface area is 70.0 Å². The molecule has 0 radical (unpaired) electrons. The molecule has 2 nitrogen and oxygen atoms in total. The summed E-state index contributed by atoms with van der Waals surface area (Å²) in [6.45, 7) is 4.87. The van der Waals surface area contributed by atoms with Crippen LogP contribution < -0.4 is 5.32 Å². The zero-order chi connectivity index (χ0) is 7.94. The predicted molar refractivity (Wildman–Crippen MR) is 48.8 cm³/mol. The van der Waals surface area contributed by atoms with E-state index in [1.165, 1.54) is 45.3 Å². The molecule has 1 rings (SSSR count). The largest absolute Gasteiger partial charge is 0.315 e. The highest BCUT2D eigenvalue weighted by Crippen LogP contribution is 2.01. The molecule has 1 heterocycles. The minimum absolute atomic E-state index is 1.16. The first kappa shape index (κ1) is 9.01. The standard InChI is InChI=1S/C9H20N2/c1-11-8-5-3-2-4-6-10-7-9-11/h10H,2-9H2,1H3. The van der Waals surface area contributed by atoms with Gasteiger partial charge in [0.05, 0.1) is 0 Å². The molecular weight excluding hydrogens is 136 g/mol. The van der Waals surface area contributed by atoms with E-state index in [2.05, 4.69) is 17.3 Å². The van der Waals surface area contributed by atoms with Crippen LogP contribution in [0.5, 0.6) is 0 Å². The Morgan fingerprint density at radius 2 is 1.73 bits per heavy atom. The lowest BCUT2D eigenvalue weighted by Crippen LogP contribution is -2.31. The van der Waals surface area contributed by atoms with Crippen molar-refractivity contribution in [3.8, 4) is 0 Å². The minimum atomic E-state index is 1.16. The van der Waals surface area contributed by atoms with Crippen molar-refractivity contribution in [3.63, 3.8) is 0 Å². The summed E-state index contributed by atoms with van der Waals surface area (Å²) >= 11 is 0. The van der Waals surface area contributed by atoms with Gasteiger partial charge in [0.2, 0.25) is 0 Å². The first-order valence-corrected chi connectivity index (χ1v) is 4.79. The van der Waals surface area contributed by atoms with Crippen LogP contribution >= 0.6 is 0 Å². The average Bonchev–Trinajstić information content (AvgIpc) is 2.03. The van der Waals surface area contributed by atoms with E-state index in [0.717, 1.165) is 6.54 Å². The van der Waals surface area contributed by atoms with Gasteiger partial charge in [-0.15, -0.1) is 0 Å². The molecule has 1 N–H and O–H groups in total. The van der Waals surface area contributed by atoms with Crippen LogP contribution in [-0.4, -0.2) is 38.1 Å². The average molecular weight is 156 g/mol. The van der Waals surface area contributed by atoms with Gasteiger partial charge in [-0.3, -0.25) is 0 Å². The Hall–Kier alpha value is -0.0800. The Morgan fingerprint density at radius 1 is 0.909 bits per heavy atom. The van der Waals surface area contributed by atoms with Gasteiger partial charge in [0.15, 0.2) is 0 Å². The van der Waals surface area contributed by atoms with Crippen LogP contribution in [0.3, 0.4) is 0 Å². The third kappa shape index (κ3) is 4.38. The molecule has 0 spiro atoms. The molecule has 0 bridgehead atoms. The summed E-state index contributed by atoms with van der Waals surface area (Å²) in [5.74, 6) is 0. The Balaban J connectivity index is 2.12. The summed E-state index contributed by atoms with van der Waals surface area (Å²) in [6.07, 6.45) is 5.56. The van der Waals surface area contributed by atoms with Gasteiger partial charge in [0, 0.05) is 13.1 Å². The lowest BCUT2D eigenvalue weighted by Gasteiger charge is -2.18. The van der Waals surface area contributed by atoms with Crippen molar-refractivity contribution in [2.24, 2.45) is 0 Å². The van der Waals surface area contributed by atoms with Gasteiger partial charge in [-0.05, 0) is 33.0 Å². The number of hydrogen-bond acceptors (Lipinski definition) is 2. The van der Waals surface area contributed by atoms with E-state index in [9.17, 15) is 0 Å². The molecule has 1 aliphatic rings. The summed E-state index contributed by atoms with van der Waals surface area (Å²) in [6, 6.07) is 0. The lowest BCUT2D eigenvalue weighted by atomic mass is 10.2. The fourth-order valence-electron chi connectivity index (χ4n) is 1.49. The monoisotopic (exact) mass is 156 g/mol.